The summed E-state index contributed by atoms with van der Waals surface area (Å²) in [5.74, 6) is 0. The quantitative estimate of drug-likeness (QED) is 0.637. The number of halogens is 1. The average molecular weight is 259 g/mol. The highest BCUT2D eigenvalue weighted by Crippen LogP contribution is 2.08. The van der Waals surface area contributed by atoms with Crippen molar-refractivity contribution in [1.29, 1.82) is 0 Å². The molecule has 0 radical (unpaired) electrons. The highest BCUT2D eigenvalue weighted by Gasteiger charge is 2.17. The molecule has 1 heterocycles. The van der Waals surface area contributed by atoms with Crippen LogP contribution in [0, 0.1) is 0 Å². The molecule has 0 bridgehead atoms. The van der Waals surface area contributed by atoms with E-state index in [0.29, 0.717) is 0 Å². The van der Waals surface area contributed by atoms with Gasteiger partial charge in [0, 0.05) is 6.20 Å². The molecule has 0 saturated carbocycles. The first-order chi connectivity index (χ1) is 6.20. The molecule has 80 valence electrons. The molecule has 0 unspecified atom stereocenters. The zero-order valence-electron chi connectivity index (χ0n) is 9.20. The minimum atomic E-state index is 0. The van der Waals surface area contributed by atoms with E-state index in [1.807, 2.05) is 12.3 Å². The minimum Gasteiger partial charge on any atom is -1.00 e. The van der Waals surface area contributed by atoms with Gasteiger partial charge in [0.05, 0.1) is 25.8 Å². The number of rotatable bonds is 4. The predicted octanol–water partition coefficient (Wildman–Crippen LogP) is -0.928. The van der Waals surface area contributed by atoms with Crippen molar-refractivity contribution < 1.29 is 21.5 Å². The molecule has 1 rings (SSSR count). The number of hydrogen-bond acceptors (Lipinski definition) is 1. The van der Waals surface area contributed by atoms with Crippen molar-refractivity contribution in [1.82, 2.24) is 4.98 Å². The van der Waals surface area contributed by atoms with Gasteiger partial charge in [-0.15, -0.1) is 0 Å². The first kappa shape index (κ1) is 13.6. The fourth-order valence-corrected chi connectivity index (χ4v) is 1.33. The fourth-order valence-electron chi connectivity index (χ4n) is 1.33. The molecule has 0 atom stereocenters. The van der Waals surface area contributed by atoms with Crippen LogP contribution in [0.4, 0.5) is 0 Å². The van der Waals surface area contributed by atoms with E-state index < -0.39 is 0 Å². The average Bonchev–Trinajstić information content (AvgIpc) is 2.19. The summed E-state index contributed by atoms with van der Waals surface area (Å²) in [5, 5.41) is 0. The molecule has 0 saturated heterocycles. The van der Waals surface area contributed by atoms with E-state index in [4.69, 9.17) is 0 Å². The Labute approximate surface area is 97.3 Å². The summed E-state index contributed by atoms with van der Waals surface area (Å²) in [6, 6.07) is 6.12. The molecule has 0 amide bonds. The van der Waals surface area contributed by atoms with Crippen molar-refractivity contribution in [2.75, 3.05) is 20.1 Å². The van der Waals surface area contributed by atoms with E-state index in [9.17, 15) is 0 Å². The monoisotopic (exact) mass is 258 g/mol. The van der Waals surface area contributed by atoms with Gasteiger partial charge in [-0.2, -0.15) is 0 Å². The molecule has 1 aromatic rings. The van der Waals surface area contributed by atoms with Gasteiger partial charge in [-0.25, -0.2) is 0 Å². The number of aromatic nitrogens is 1. The maximum absolute atomic E-state index is 4.34. The second kappa shape index (κ2) is 6.14. The molecule has 0 aliphatic carbocycles. The SMILES string of the molecule is CC[N+](C)(CC)Cc1ccccn1.[Br-]. The Morgan fingerprint density at radius 3 is 2.29 bits per heavy atom. The normalized spacial score (nSPS) is 10.8. The Morgan fingerprint density at radius 2 is 1.86 bits per heavy atom. The van der Waals surface area contributed by atoms with Gasteiger partial charge >= 0.3 is 0 Å². The van der Waals surface area contributed by atoms with E-state index in [1.54, 1.807) is 0 Å². The molecule has 2 nitrogen and oxygen atoms in total. The van der Waals surface area contributed by atoms with Crippen molar-refractivity contribution in [3.63, 3.8) is 0 Å². The summed E-state index contributed by atoms with van der Waals surface area (Å²) in [7, 11) is 2.27. The number of quaternary nitrogens is 1. The highest BCUT2D eigenvalue weighted by molar-refractivity contribution is 5.01. The Hall–Kier alpha value is -0.410. The zero-order valence-corrected chi connectivity index (χ0v) is 10.8. The summed E-state index contributed by atoms with van der Waals surface area (Å²) in [6.45, 7) is 7.81. The van der Waals surface area contributed by atoms with Gasteiger partial charge in [-0.05, 0) is 26.0 Å². The third kappa shape index (κ3) is 3.76. The van der Waals surface area contributed by atoms with E-state index in [1.165, 1.54) is 5.69 Å². The topological polar surface area (TPSA) is 12.9 Å². The number of hydrogen-bond donors (Lipinski definition) is 0. The zero-order chi connectivity index (χ0) is 9.73. The lowest BCUT2D eigenvalue weighted by molar-refractivity contribution is -0.919. The summed E-state index contributed by atoms with van der Waals surface area (Å²) in [5.41, 5.74) is 1.19. The third-order valence-corrected chi connectivity index (χ3v) is 2.80. The van der Waals surface area contributed by atoms with Gasteiger partial charge in [0.15, 0.2) is 0 Å². The largest absolute Gasteiger partial charge is 1.00 e. The number of nitrogens with zero attached hydrogens (tertiary/aromatic N) is 2. The second-order valence-electron chi connectivity index (χ2n) is 3.73. The fraction of sp³-hybridized carbons (Fsp3) is 0.545. The van der Waals surface area contributed by atoms with Gasteiger partial charge in [0.25, 0.3) is 0 Å². The van der Waals surface area contributed by atoms with E-state index in [2.05, 4.69) is 38.0 Å². The van der Waals surface area contributed by atoms with Crippen molar-refractivity contribution in [3.05, 3.63) is 30.1 Å². The first-order valence-electron chi connectivity index (χ1n) is 4.93. The Bertz CT molecular complexity index is 245. The van der Waals surface area contributed by atoms with Crippen LogP contribution in [0.1, 0.15) is 19.5 Å². The molecule has 3 heteroatoms. The van der Waals surface area contributed by atoms with Crippen LogP contribution in [0.15, 0.2) is 24.4 Å². The van der Waals surface area contributed by atoms with Crippen LogP contribution in [0.5, 0.6) is 0 Å². The highest BCUT2D eigenvalue weighted by atomic mass is 79.9. The van der Waals surface area contributed by atoms with Crippen LogP contribution < -0.4 is 17.0 Å². The van der Waals surface area contributed by atoms with Gasteiger partial charge in [0.2, 0.25) is 0 Å². The van der Waals surface area contributed by atoms with Crippen molar-refractivity contribution >= 4 is 0 Å². The molecule has 0 aromatic carbocycles. The molecule has 0 N–H and O–H groups in total. The van der Waals surface area contributed by atoms with Gasteiger partial charge in [-0.1, -0.05) is 6.07 Å². The molecule has 1 aromatic heterocycles. The van der Waals surface area contributed by atoms with Gasteiger partial charge < -0.3 is 21.5 Å². The van der Waals surface area contributed by atoms with Crippen molar-refractivity contribution in [3.8, 4) is 0 Å². The molecule has 0 aliphatic rings. The van der Waals surface area contributed by atoms with Crippen molar-refractivity contribution in [2.24, 2.45) is 0 Å². The molecule has 0 spiro atoms. The van der Waals surface area contributed by atoms with Gasteiger partial charge in [-0.3, -0.25) is 4.98 Å². The third-order valence-electron chi connectivity index (χ3n) is 2.80. The lowest BCUT2D eigenvalue weighted by Gasteiger charge is -2.31. The maximum atomic E-state index is 4.34. The van der Waals surface area contributed by atoms with Crippen LogP contribution in [0.3, 0.4) is 0 Å². The van der Waals surface area contributed by atoms with Crippen LogP contribution in [-0.4, -0.2) is 29.6 Å². The smallest absolute Gasteiger partial charge is 0.121 e. The standard InChI is InChI=1S/C11H19N2.BrH/c1-4-13(3,5-2)10-11-8-6-7-9-12-11;/h6-9H,4-5,10H2,1-3H3;1H/q+1;/p-1. The minimum absolute atomic E-state index is 0. The molecular formula is C11H19BrN2. The molecular weight excluding hydrogens is 240 g/mol. The summed E-state index contributed by atoms with van der Waals surface area (Å²) < 4.78 is 1.07. The molecule has 0 aliphatic heterocycles. The Kier molecular flexibility index (Phi) is 5.96. The first-order valence-corrected chi connectivity index (χ1v) is 4.93. The summed E-state index contributed by atoms with van der Waals surface area (Å²) in [6.07, 6.45) is 1.87. The maximum Gasteiger partial charge on any atom is 0.121 e. The Balaban J connectivity index is 0.00000169. The second-order valence-corrected chi connectivity index (χ2v) is 3.73. The molecule has 0 fully saturated rings. The van der Waals surface area contributed by atoms with Gasteiger partial charge in [0.1, 0.15) is 6.54 Å². The summed E-state index contributed by atoms with van der Waals surface area (Å²) >= 11 is 0. The van der Waals surface area contributed by atoms with Crippen molar-refractivity contribution in [2.45, 2.75) is 20.4 Å². The Morgan fingerprint density at radius 1 is 1.21 bits per heavy atom. The van der Waals surface area contributed by atoms with E-state index in [0.717, 1.165) is 24.1 Å². The lowest BCUT2D eigenvalue weighted by Crippen LogP contribution is -3.00. The summed E-state index contributed by atoms with van der Waals surface area (Å²) in [4.78, 5) is 4.34. The van der Waals surface area contributed by atoms with Crippen LogP contribution in [0.2, 0.25) is 0 Å². The van der Waals surface area contributed by atoms with E-state index >= 15 is 0 Å². The predicted molar refractivity (Wildman–Crippen MR) is 55.2 cm³/mol. The van der Waals surface area contributed by atoms with E-state index in [-0.39, 0.29) is 17.0 Å². The lowest BCUT2D eigenvalue weighted by atomic mass is 10.3. The van der Waals surface area contributed by atoms with Crippen LogP contribution in [0.25, 0.3) is 0 Å². The molecule has 14 heavy (non-hydrogen) atoms. The van der Waals surface area contributed by atoms with Crippen LogP contribution in [-0.2, 0) is 6.54 Å². The number of pyridine rings is 1. The van der Waals surface area contributed by atoms with Crippen LogP contribution >= 0.6 is 0 Å².